The number of hydrazine groups is 1. The molecule has 1 heterocycles. The van der Waals surface area contributed by atoms with Gasteiger partial charge >= 0.3 is 0 Å². The van der Waals surface area contributed by atoms with Gasteiger partial charge in [0.25, 0.3) is 0 Å². The molecule has 0 amide bonds. The van der Waals surface area contributed by atoms with E-state index in [2.05, 4.69) is 13.8 Å². The Bertz CT molecular complexity index is 101. The molecule has 0 saturated carbocycles. The van der Waals surface area contributed by atoms with Crippen LogP contribution in [-0.2, 0) is 0 Å². The number of nitrogens with two attached hydrogens (primary N) is 1. The van der Waals surface area contributed by atoms with E-state index in [4.69, 9.17) is 5.84 Å². The van der Waals surface area contributed by atoms with E-state index in [9.17, 15) is 0 Å². The summed E-state index contributed by atoms with van der Waals surface area (Å²) in [4.78, 5) is 0. The Balaban J connectivity index is 2.26. The zero-order chi connectivity index (χ0) is 7.56. The molecule has 1 rings (SSSR count). The molecule has 0 aromatic heterocycles. The van der Waals surface area contributed by atoms with Crippen molar-refractivity contribution in [2.24, 2.45) is 11.8 Å². The molecule has 60 valence electrons. The van der Waals surface area contributed by atoms with Gasteiger partial charge in [-0.3, -0.25) is 5.84 Å². The summed E-state index contributed by atoms with van der Waals surface area (Å²) in [6.07, 6.45) is 3.85. The maximum absolute atomic E-state index is 5.76. The molecule has 0 aromatic carbocycles. The molecule has 1 atom stereocenters. The fourth-order valence-corrected chi connectivity index (χ4v) is 1.66. The first-order chi connectivity index (χ1) is 4.70. The summed E-state index contributed by atoms with van der Waals surface area (Å²) in [5, 5.41) is 2.00. The van der Waals surface area contributed by atoms with Gasteiger partial charge in [0.1, 0.15) is 0 Å². The maximum atomic E-state index is 5.76. The van der Waals surface area contributed by atoms with Crippen molar-refractivity contribution in [3.8, 4) is 0 Å². The third-order valence-electron chi connectivity index (χ3n) is 2.17. The highest BCUT2D eigenvalue weighted by Gasteiger charge is 2.21. The molecule has 0 radical (unpaired) electrons. The molecular weight excluding hydrogens is 124 g/mol. The van der Waals surface area contributed by atoms with Gasteiger partial charge in [-0.05, 0) is 25.2 Å². The molecule has 2 nitrogen and oxygen atoms in total. The van der Waals surface area contributed by atoms with Gasteiger partial charge in [-0.25, -0.2) is 5.01 Å². The molecule has 1 aliphatic heterocycles. The molecule has 1 aliphatic rings. The average Bonchev–Trinajstić information content (AvgIpc) is 2.15. The van der Waals surface area contributed by atoms with Gasteiger partial charge in [-0.15, -0.1) is 0 Å². The van der Waals surface area contributed by atoms with Crippen LogP contribution in [0.4, 0.5) is 0 Å². The van der Waals surface area contributed by atoms with E-state index < -0.39 is 0 Å². The minimum Gasteiger partial charge on any atom is -0.269 e. The van der Waals surface area contributed by atoms with Crippen molar-refractivity contribution in [1.82, 2.24) is 5.01 Å². The Labute approximate surface area is 63.4 Å². The van der Waals surface area contributed by atoms with E-state index in [1.54, 1.807) is 0 Å². The Hall–Kier alpha value is -0.0800. The average molecular weight is 142 g/mol. The van der Waals surface area contributed by atoms with Gasteiger partial charge in [-0.2, -0.15) is 0 Å². The first kappa shape index (κ1) is 8.02. The molecular formula is C8H18N2. The second-order valence-electron chi connectivity index (χ2n) is 3.66. The fourth-order valence-electron chi connectivity index (χ4n) is 1.66. The van der Waals surface area contributed by atoms with E-state index in [-0.39, 0.29) is 0 Å². The fraction of sp³-hybridized carbons (Fsp3) is 1.00. The van der Waals surface area contributed by atoms with E-state index in [0.29, 0.717) is 6.04 Å². The monoisotopic (exact) mass is 142 g/mol. The Morgan fingerprint density at radius 2 is 2.30 bits per heavy atom. The van der Waals surface area contributed by atoms with Crippen LogP contribution in [0.25, 0.3) is 0 Å². The molecule has 0 bridgehead atoms. The van der Waals surface area contributed by atoms with Crippen LogP contribution in [0.5, 0.6) is 0 Å². The topological polar surface area (TPSA) is 29.3 Å². The Morgan fingerprint density at radius 3 is 2.70 bits per heavy atom. The summed E-state index contributed by atoms with van der Waals surface area (Å²) < 4.78 is 0. The first-order valence-corrected chi connectivity index (χ1v) is 4.21. The largest absolute Gasteiger partial charge is 0.269 e. The predicted octanol–water partition coefficient (Wildman–Crippen LogP) is 1.37. The van der Waals surface area contributed by atoms with Gasteiger partial charge in [0.2, 0.25) is 0 Å². The lowest BCUT2D eigenvalue weighted by atomic mass is 10.0. The number of rotatable bonds is 2. The van der Waals surface area contributed by atoms with E-state index in [1.165, 1.54) is 19.3 Å². The molecule has 0 aromatic rings. The standard InChI is InChI=1S/C8H18N2/c1-7(2)6-8-4-3-5-10(8)9/h7-8H,3-6,9H2,1-2H3/t8-/m1/s1. The van der Waals surface area contributed by atoms with Crippen molar-refractivity contribution < 1.29 is 0 Å². The molecule has 1 fully saturated rings. The van der Waals surface area contributed by atoms with Crippen LogP contribution < -0.4 is 5.84 Å². The van der Waals surface area contributed by atoms with E-state index in [0.717, 1.165) is 12.5 Å². The van der Waals surface area contributed by atoms with Crippen LogP contribution in [0.15, 0.2) is 0 Å². The third kappa shape index (κ3) is 1.96. The molecule has 0 spiro atoms. The highest BCUT2D eigenvalue weighted by molar-refractivity contribution is 4.75. The van der Waals surface area contributed by atoms with Gasteiger partial charge in [0.05, 0.1) is 0 Å². The van der Waals surface area contributed by atoms with E-state index in [1.807, 2.05) is 5.01 Å². The van der Waals surface area contributed by atoms with E-state index >= 15 is 0 Å². The quantitative estimate of drug-likeness (QED) is 0.590. The maximum Gasteiger partial charge on any atom is 0.0244 e. The predicted molar refractivity (Wildman–Crippen MR) is 43.4 cm³/mol. The number of hydrogen-bond acceptors (Lipinski definition) is 2. The van der Waals surface area contributed by atoms with Crippen molar-refractivity contribution in [2.45, 2.75) is 39.2 Å². The molecule has 0 unspecified atom stereocenters. The van der Waals surface area contributed by atoms with Crippen molar-refractivity contribution in [2.75, 3.05) is 6.54 Å². The van der Waals surface area contributed by atoms with Crippen LogP contribution in [0.3, 0.4) is 0 Å². The van der Waals surface area contributed by atoms with Crippen molar-refractivity contribution in [3.63, 3.8) is 0 Å². The van der Waals surface area contributed by atoms with Gasteiger partial charge < -0.3 is 0 Å². The van der Waals surface area contributed by atoms with Crippen LogP contribution >= 0.6 is 0 Å². The van der Waals surface area contributed by atoms with Crippen molar-refractivity contribution in [3.05, 3.63) is 0 Å². The number of nitrogens with zero attached hydrogens (tertiary/aromatic N) is 1. The number of hydrogen-bond donors (Lipinski definition) is 1. The minimum absolute atomic E-state index is 0.667. The molecule has 1 saturated heterocycles. The summed E-state index contributed by atoms with van der Waals surface area (Å²) in [5.74, 6) is 6.55. The molecule has 2 N–H and O–H groups in total. The highest BCUT2D eigenvalue weighted by Crippen LogP contribution is 2.19. The van der Waals surface area contributed by atoms with Gasteiger partial charge in [0, 0.05) is 12.6 Å². The Morgan fingerprint density at radius 1 is 1.60 bits per heavy atom. The Kier molecular flexibility index (Phi) is 2.69. The summed E-state index contributed by atoms with van der Waals surface area (Å²) in [7, 11) is 0. The van der Waals surface area contributed by atoms with Crippen molar-refractivity contribution in [1.29, 1.82) is 0 Å². The molecule has 0 aliphatic carbocycles. The molecule has 2 heteroatoms. The summed E-state index contributed by atoms with van der Waals surface area (Å²) in [6, 6.07) is 0.667. The lowest BCUT2D eigenvalue weighted by molar-refractivity contribution is 0.232. The van der Waals surface area contributed by atoms with Crippen LogP contribution in [0.2, 0.25) is 0 Å². The normalized spacial score (nSPS) is 28.2. The van der Waals surface area contributed by atoms with Gasteiger partial charge in [0.15, 0.2) is 0 Å². The minimum atomic E-state index is 0.667. The summed E-state index contributed by atoms with van der Waals surface area (Å²) in [5.41, 5.74) is 0. The van der Waals surface area contributed by atoms with Crippen LogP contribution in [0, 0.1) is 5.92 Å². The van der Waals surface area contributed by atoms with Crippen LogP contribution in [-0.4, -0.2) is 17.6 Å². The second-order valence-corrected chi connectivity index (χ2v) is 3.66. The van der Waals surface area contributed by atoms with Crippen LogP contribution in [0.1, 0.15) is 33.1 Å². The molecule has 10 heavy (non-hydrogen) atoms. The smallest absolute Gasteiger partial charge is 0.0244 e. The first-order valence-electron chi connectivity index (χ1n) is 4.21. The summed E-state index contributed by atoms with van der Waals surface area (Å²) >= 11 is 0. The lowest BCUT2D eigenvalue weighted by Gasteiger charge is -2.20. The zero-order valence-electron chi connectivity index (χ0n) is 7.01. The lowest BCUT2D eigenvalue weighted by Crippen LogP contribution is -2.36. The third-order valence-corrected chi connectivity index (χ3v) is 2.17. The highest BCUT2D eigenvalue weighted by atomic mass is 15.4. The van der Waals surface area contributed by atoms with Gasteiger partial charge in [-0.1, -0.05) is 13.8 Å². The SMILES string of the molecule is CC(C)C[C@H]1CCCN1N. The zero-order valence-corrected chi connectivity index (χ0v) is 7.01. The van der Waals surface area contributed by atoms with Crippen molar-refractivity contribution >= 4 is 0 Å². The second kappa shape index (κ2) is 3.35. The summed E-state index contributed by atoms with van der Waals surface area (Å²) in [6.45, 7) is 5.61.